The van der Waals surface area contributed by atoms with E-state index in [1.807, 2.05) is 30.3 Å². The zero-order valence-corrected chi connectivity index (χ0v) is 13.2. The van der Waals surface area contributed by atoms with Crippen molar-refractivity contribution in [1.29, 1.82) is 0 Å². The van der Waals surface area contributed by atoms with Gasteiger partial charge in [0.25, 0.3) is 0 Å². The minimum Gasteiger partial charge on any atom is -0.496 e. The summed E-state index contributed by atoms with van der Waals surface area (Å²) in [7, 11) is -2.08. The third kappa shape index (κ3) is 2.98. The molecule has 0 aromatic heterocycles. The van der Waals surface area contributed by atoms with Crippen LogP contribution in [-0.2, 0) is 9.84 Å². The molecule has 0 spiro atoms. The number of rotatable bonds is 4. The van der Waals surface area contributed by atoms with Crippen LogP contribution in [0.25, 0.3) is 6.08 Å². The van der Waals surface area contributed by atoms with Gasteiger partial charge in [-0.3, -0.25) is 4.79 Å². The van der Waals surface area contributed by atoms with E-state index in [-0.39, 0.29) is 27.7 Å². The first-order chi connectivity index (χ1) is 11.0. The number of benzene rings is 2. The Morgan fingerprint density at radius 2 is 1.96 bits per heavy atom. The van der Waals surface area contributed by atoms with Gasteiger partial charge in [-0.15, -0.1) is 0 Å². The molecule has 1 aliphatic rings. The van der Waals surface area contributed by atoms with E-state index in [4.69, 9.17) is 9.47 Å². The summed E-state index contributed by atoms with van der Waals surface area (Å²) in [6.07, 6.45) is 3.11. The van der Waals surface area contributed by atoms with E-state index in [0.717, 1.165) is 5.56 Å². The SMILES string of the molecule is COc1cc2c(cc1C(=O)/C=C/c1ccccc1)OCS2(=O)=O. The molecule has 23 heavy (non-hydrogen) atoms. The lowest BCUT2D eigenvalue weighted by molar-refractivity contribution is 0.104. The number of sulfone groups is 1. The van der Waals surface area contributed by atoms with Crippen molar-refractivity contribution in [2.45, 2.75) is 4.90 Å². The lowest BCUT2D eigenvalue weighted by Crippen LogP contribution is -2.02. The molecule has 0 fully saturated rings. The fraction of sp³-hybridized carbons (Fsp3) is 0.118. The van der Waals surface area contributed by atoms with Gasteiger partial charge in [0.15, 0.2) is 11.7 Å². The van der Waals surface area contributed by atoms with Crippen LogP contribution in [0.3, 0.4) is 0 Å². The normalized spacial score (nSPS) is 15.2. The fourth-order valence-corrected chi connectivity index (χ4v) is 3.41. The van der Waals surface area contributed by atoms with Crippen LogP contribution in [0.5, 0.6) is 11.5 Å². The maximum absolute atomic E-state index is 12.4. The van der Waals surface area contributed by atoms with Gasteiger partial charge in [-0.25, -0.2) is 8.42 Å². The monoisotopic (exact) mass is 330 g/mol. The van der Waals surface area contributed by atoms with Crippen LogP contribution in [-0.4, -0.2) is 27.2 Å². The third-order valence-corrected chi connectivity index (χ3v) is 4.88. The predicted molar refractivity (Wildman–Crippen MR) is 85.5 cm³/mol. The molecule has 0 aliphatic carbocycles. The summed E-state index contributed by atoms with van der Waals surface area (Å²) in [4.78, 5) is 12.4. The quantitative estimate of drug-likeness (QED) is 0.637. The molecule has 2 aromatic carbocycles. The summed E-state index contributed by atoms with van der Waals surface area (Å²) in [5.41, 5.74) is 1.15. The van der Waals surface area contributed by atoms with Crippen LogP contribution in [0.15, 0.2) is 53.4 Å². The first-order valence-electron chi connectivity index (χ1n) is 6.86. The van der Waals surface area contributed by atoms with Crippen molar-refractivity contribution in [3.63, 3.8) is 0 Å². The Bertz CT molecular complexity index is 883. The second-order valence-corrected chi connectivity index (χ2v) is 6.89. The lowest BCUT2D eigenvalue weighted by Gasteiger charge is -2.07. The summed E-state index contributed by atoms with van der Waals surface area (Å²) >= 11 is 0. The van der Waals surface area contributed by atoms with Crippen LogP contribution in [0.2, 0.25) is 0 Å². The maximum Gasteiger partial charge on any atom is 0.217 e. The van der Waals surface area contributed by atoms with E-state index < -0.39 is 15.8 Å². The molecule has 0 N–H and O–H groups in total. The molecule has 1 heterocycles. The molecule has 0 radical (unpaired) electrons. The van der Waals surface area contributed by atoms with Gasteiger partial charge in [0.05, 0.1) is 12.7 Å². The number of hydrogen-bond donors (Lipinski definition) is 0. The number of carbonyl (C=O) groups is 1. The van der Waals surface area contributed by atoms with Crippen molar-refractivity contribution in [1.82, 2.24) is 0 Å². The Morgan fingerprint density at radius 1 is 1.22 bits per heavy atom. The van der Waals surface area contributed by atoms with Crippen LogP contribution in [0.1, 0.15) is 15.9 Å². The molecule has 0 atom stereocenters. The minimum absolute atomic E-state index is 0.0536. The fourth-order valence-electron chi connectivity index (χ4n) is 2.29. The first-order valence-corrected chi connectivity index (χ1v) is 8.51. The van der Waals surface area contributed by atoms with Gasteiger partial charge in [-0.05, 0) is 17.7 Å². The van der Waals surface area contributed by atoms with E-state index in [9.17, 15) is 13.2 Å². The molecule has 5 nitrogen and oxygen atoms in total. The van der Waals surface area contributed by atoms with Gasteiger partial charge < -0.3 is 9.47 Å². The molecule has 0 saturated heterocycles. The molecule has 3 rings (SSSR count). The highest BCUT2D eigenvalue weighted by Gasteiger charge is 2.30. The van der Waals surface area contributed by atoms with E-state index in [0.29, 0.717) is 0 Å². The molecule has 0 bridgehead atoms. The minimum atomic E-state index is -3.47. The average molecular weight is 330 g/mol. The van der Waals surface area contributed by atoms with E-state index in [1.54, 1.807) is 6.08 Å². The molecule has 1 aliphatic heterocycles. The number of carbonyl (C=O) groups excluding carboxylic acids is 1. The van der Waals surface area contributed by atoms with Crippen molar-refractivity contribution >= 4 is 21.7 Å². The highest BCUT2D eigenvalue weighted by Crippen LogP contribution is 2.37. The van der Waals surface area contributed by atoms with Crippen LogP contribution >= 0.6 is 0 Å². The Morgan fingerprint density at radius 3 is 2.65 bits per heavy atom. The van der Waals surface area contributed by atoms with Gasteiger partial charge in [0.2, 0.25) is 9.84 Å². The van der Waals surface area contributed by atoms with Crippen molar-refractivity contribution in [2.75, 3.05) is 13.0 Å². The second-order valence-electron chi connectivity index (χ2n) is 4.98. The van der Waals surface area contributed by atoms with Gasteiger partial charge in [0.1, 0.15) is 16.4 Å². The molecule has 0 unspecified atom stereocenters. The van der Waals surface area contributed by atoms with Crippen LogP contribution in [0.4, 0.5) is 0 Å². The summed E-state index contributed by atoms with van der Waals surface area (Å²) in [6, 6.07) is 12.1. The van der Waals surface area contributed by atoms with E-state index >= 15 is 0 Å². The number of ketones is 1. The van der Waals surface area contributed by atoms with Gasteiger partial charge in [-0.1, -0.05) is 36.4 Å². The van der Waals surface area contributed by atoms with Gasteiger partial charge in [-0.2, -0.15) is 0 Å². The highest BCUT2D eigenvalue weighted by atomic mass is 32.2. The summed E-state index contributed by atoms with van der Waals surface area (Å²) in [5.74, 6) is -0.313. The molecule has 2 aromatic rings. The molecule has 0 saturated carbocycles. The van der Waals surface area contributed by atoms with Crippen molar-refractivity contribution < 1.29 is 22.7 Å². The van der Waals surface area contributed by atoms with E-state index in [1.165, 1.54) is 25.3 Å². The Labute approximate surface area is 134 Å². The molecule has 118 valence electrons. The van der Waals surface area contributed by atoms with E-state index in [2.05, 4.69) is 0 Å². The maximum atomic E-state index is 12.4. The molecular formula is C17H14O5S. The highest BCUT2D eigenvalue weighted by molar-refractivity contribution is 7.91. The smallest absolute Gasteiger partial charge is 0.217 e. The second kappa shape index (κ2) is 5.89. The Hall–Kier alpha value is -2.60. The molecule has 0 amide bonds. The standard InChI is InChI=1S/C17H14O5S/c1-21-15-10-17-16(22-11-23(17,19)20)9-13(15)14(18)8-7-12-5-3-2-4-6-12/h2-10H,11H2,1H3/b8-7+. The number of methoxy groups -OCH3 is 1. The van der Waals surface area contributed by atoms with Crippen molar-refractivity contribution in [3.05, 3.63) is 59.7 Å². The number of fused-ring (bicyclic) bond motifs is 1. The van der Waals surface area contributed by atoms with Gasteiger partial charge >= 0.3 is 0 Å². The predicted octanol–water partition coefficient (Wildman–Crippen LogP) is 2.71. The van der Waals surface area contributed by atoms with Crippen molar-refractivity contribution in [2.24, 2.45) is 0 Å². The summed E-state index contributed by atoms with van der Waals surface area (Å²) < 4.78 is 34.0. The Kier molecular flexibility index (Phi) is 3.92. The first kappa shape index (κ1) is 15.3. The number of allylic oxidation sites excluding steroid dienone is 1. The number of hydrogen-bond acceptors (Lipinski definition) is 5. The summed E-state index contributed by atoms with van der Waals surface area (Å²) in [5, 5.41) is 0. The van der Waals surface area contributed by atoms with Crippen LogP contribution in [0, 0.1) is 0 Å². The zero-order valence-electron chi connectivity index (χ0n) is 12.4. The summed E-state index contributed by atoms with van der Waals surface area (Å²) in [6.45, 7) is 0. The average Bonchev–Trinajstić information content (AvgIpc) is 2.87. The third-order valence-electron chi connectivity index (χ3n) is 3.46. The topological polar surface area (TPSA) is 69.7 Å². The lowest BCUT2D eigenvalue weighted by atomic mass is 10.1. The largest absolute Gasteiger partial charge is 0.496 e. The molecule has 6 heteroatoms. The Balaban J connectivity index is 1.97. The zero-order chi connectivity index (χ0) is 16.4. The molecular weight excluding hydrogens is 316 g/mol. The van der Waals surface area contributed by atoms with Crippen LogP contribution < -0.4 is 9.47 Å². The number of ether oxygens (including phenoxy) is 2. The van der Waals surface area contributed by atoms with Crippen molar-refractivity contribution in [3.8, 4) is 11.5 Å². The van der Waals surface area contributed by atoms with Gasteiger partial charge in [0, 0.05) is 6.07 Å².